The number of carbonyl (C=O) groups is 2. The van der Waals surface area contributed by atoms with Crippen molar-refractivity contribution < 1.29 is 14.1 Å². The van der Waals surface area contributed by atoms with Crippen LogP contribution in [0.5, 0.6) is 0 Å². The number of amides is 2. The van der Waals surface area contributed by atoms with Crippen LogP contribution in [0, 0.1) is 18.3 Å². The molecule has 0 saturated heterocycles. The Kier molecular flexibility index (Phi) is 6.38. The van der Waals surface area contributed by atoms with Crippen LogP contribution < -0.4 is 11.1 Å². The van der Waals surface area contributed by atoms with Crippen LogP contribution in [0.3, 0.4) is 0 Å². The van der Waals surface area contributed by atoms with Gasteiger partial charge in [-0.05, 0) is 49.1 Å². The predicted molar refractivity (Wildman–Crippen MR) is 132 cm³/mol. The second-order valence-corrected chi connectivity index (χ2v) is 10.8. The van der Waals surface area contributed by atoms with Gasteiger partial charge in [0.1, 0.15) is 22.0 Å². The van der Waals surface area contributed by atoms with Crippen LogP contribution in [0.25, 0.3) is 11.3 Å². The summed E-state index contributed by atoms with van der Waals surface area (Å²) in [6.45, 7) is 8.47. The van der Waals surface area contributed by atoms with Gasteiger partial charge in [-0.25, -0.2) is 0 Å². The summed E-state index contributed by atoms with van der Waals surface area (Å²) in [4.78, 5) is 26.9. The summed E-state index contributed by atoms with van der Waals surface area (Å²) in [6, 6.07) is 7.14. The molecule has 1 aliphatic rings. The lowest BCUT2D eigenvalue weighted by Gasteiger charge is -2.36. The first-order chi connectivity index (χ1) is 15.6. The van der Waals surface area contributed by atoms with Crippen molar-refractivity contribution in [2.75, 3.05) is 5.32 Å². The quantitative estimate of drug-likeness (QED) is 0.430. The zero-order valence-electron chi connectivity index (χ0n) is 19.3. The maximum absolute atomic E-state index is 13.4. The molecule has 33 heavy (non-hydrogen) atoms. The average molecular weight is 486 g/mol. The number of nitrogens with zero attached hydrogens (tertiary/aromatic N) is 1. The van der Waals surface area contributed by atoms with E-state index >= 15 is 0 Å². The lowest BCUT2D eigenvalue weighted by molar-refractivity contribution is 0.0999. The first-order valence-electron chi connectivity index (χ1n) is 11.1. The molecule has 4 rings (SSSR count). The first-order valence-corrected chi connectivity index (χ1v) is 12.3. The van der Waals surface area contributed by atoms with Gasteiger partial charge in [0.05, 0.1) is 10.6 Å². The number of aryl methyl sites for hydroxylation is 1. The van der Waals surface area contributed by atoms with E-state index in [9.17, 15) is 9.59 Å². The highest BCUT2D eigenvalue weighted by Crippen LogP contribution is 2.45. The summed E-state index contributed by atoms with van der Waals surface area (Å²) >= 11 is 7.78. The van der Waals surface area contributed by atoms with Crippen molar-refractivity contribution in [3.8, 4) is 11.3 Å². The van der Waals surface area contributed by atoms with E-state index in [1.54, 1.807) is 25.1 Å². The molecule has 2 aromatic heterocycles. The van der Waals surface area contributed by atoms with Gasteiger partial charge in [0.15, 0.2) is 0 Å². The molecule has 1 atom stereocenters. The standard InChI is InChI=1S/C25H28ClN3O3S/c1-5-25(3,4)14-10-11-16-18(12-14)33-24(20(16)22(27)30)28-23(31)19-13(2)32-29-21(19)15-8-6-7-9-17(15)26/h6-9,14H,5,10-12H2,1-4H3,(H2,27,30)(H,28,31)/t14-/m1/s1. The number of nitrogens with one attached hydrogen (secondary N) is 1. The number of carbonyl (C=O) groups excluding carboxylic acids is 2. The molecule has 2 amide bonds. The number of primary amides is 1. The molecule has 3 aromatic rings. The van der Waals surface area contributed by atoms with Crippen molar-refractivity contribution in [2.45, 2.75) is 53.4 Å². The lowest BCUT2D eigenvalue weighted by Crippen LogP contribution is -2.29. The number of hydrogen-bond acceptors (Lipinski definition) is 5. The van der Waals surface area contributed by atoms with Crippen molar-refractivity contribution in [2.24, 2.45) is 17.1 Å². The fraction of sp³-hybridized carbons (Fsp3) is 0.400. The van der Waals surface area contributed by atoms with Crippen molar-refractivity contribution in [3.63, 3.8) is 0 Å². The summed E-state index contributed by atoms with van der Waals surface area (Å²) in [6.07, 6.45) is 3.75. The van der Waals surface area contributed by atoms with Gasteiger partial charge < -0.3 is 15.6 Å². The number of rotatable bonds is 6. The molecule has 174 valence electrons. The van der Waals surface area contributed by atoms with Crippen LogP contribution in [-0.4, -0.2) is 17.0 Å². The van der Waals surface area contributed by atoms with Gasteiger partial charge in [-0.3, -0.25) is 9.59 Å². The second-order valence-electron chi connectivity index (χ2n) is 9.25. The molecule has 0 fully saturated rings. The maximum Gasteiger partial charge on any atom is 0.262 e. The summed E-state index contributed by atoms with van der Waals surface area (Å²) in [7, 11) is 0. The highest BCUT2D eigenvalue weighted by atomic mass is 35.5. The molecule has 0 bridgehead atoms. The van der Waals surface area contributed by atoms with Gasteiger partial charge in [0, 0.05) is 10.4 Å². The monoisotopic (exact) mass is 485 g/mol. The minimum absolute atomic E-state index is 0.210. The number of nitrogens with two attached hydrogens (primary N) is 1. The Labute approximate surface area is 202 Å². The number of halogens is 1. The molecule has 0 aliphatic heterocycles. The SMILES string of the molecule is CCC(C)(C)[C@@H]1CCc2c(sc(NC(=O)c3c(-c4ccccc4Cl)noc3C)c2C(N)=O)C1. The van der Waals surface area contributed by atoms with E-state index in [1.807, 2.05) is 6.07 Å². The molecule has 3 N–H and O–H groups in total. The van der Waals surface area contributed by atoms with Crippen molar-refractivity contribution in [1.29, 1.82) is 0 Å². The fourth-order valence-electron chi connectivity index (χ4n) is 4.53. The summed E-state index contributed by atoms with van der Waals surface area (Å²) < 4.78 is 5.33. The third kappa shape index (κ3) is 4.32. The maximum atomic E-state index is 13.4. The first kappa shape index (κ1) is 23.5. The number of anilines is 1. The van der Waals surface area contributed by atoms with Crippen molar-refractivity contribution in [3.05, 3.63) is 56.6 Å². The normalized spacial score (nSPS) is 15.8. The Morgan fingerprint density at radius 2 is 2.03 bits per heavy atom. The van der Waals surface area contributed by atoms with Gasteiger partial charge in [0.25, 0.3) is 11.8 Å². The number of hydrogen-bond donors (Lipinski definition) is 2. The van der Waals surface area contributed by atoms with Crippen molar-refractivity contribution in [1.82, 2.24) is 5.16 Å². The van der Waals surface area contributed by atoms with Crippen LogP contribution >= 0.6 is 22.9 Å². The van der Waals surface area contributed by atoms with Crippen LogP contribution in [0.2, 0.25) is 5.02 Å². The Bertz CT molecular complexity index is 1230. The predicted octanol–water partition coefficient (Wildman–Crippen LogP) is 6.26. The van der Waals surface area contributed by atoms with Gasteiger partial charge in [0.2, 0.25) is 0 Å². The molecule has 6 nitrogen and oxygen atoms in total. The van der Waals surface area contributed by atoms with Crippen LogP contribution in [0.1, 0.15) is 70.5 Å². The summed E-state index contributed by atoms with van der Waals surface area (Å²) in [5.41, 5.74) is 8.62. The molecule has 0 radical (unpaired) electrons. The van der Waals surface area contributed by atoms with Gasteiger partial charge in [-0.15, -0.1) is 11.3 Å². The molecular formula is C25H28ClN3O3S. The highest BCUT2D eigenvalue weighted by molar-refractivity contribution is 7.17. The molecule has 1 aliphatic carbocycles. The van der Waals surface area contributed by atoms with Crippen LogP contribution in [-0.2, 0) is 12.8 Å². The number of aromatic nitrogens is 1. The van der Waals surface area contributed by atoms with E-state index in [2.05, 4.69) is 31.2 Å². The lowest BCUT2D eigenvalue weighted by atomic mass is 9.69. The second kappa shape index (κ2) is 8.95. The van der Waals surface area contributed by atoms with Crippen LogP contribution in [0.4, 0.5) is 5.00 Å². The van der Waals surface area contributed by atoms with E-state index < -0.39 is 11.8 Å². The van der Waals surface area contributed by atoms with E-state index in [1.165, 1.54) is 11.3 Å². The third-order valence-electron chi connectivity index (χ3n) is 6.97. The average Bonchev–Trinajstić information content (AvgIpc) is 3.33. The highest BCUT2D eigenvalue weighted by Gasteiger charge is 2.35. The zero-order valence-corrected chi connectivity index (χ0v) is 20.8. The minimum Gasteiger partial charge on any atom is -0.365 e. The van der Waals surface area contributed by atoms with E-state index in [0.717, 1.165) is 36.1 Å². The third-order valence-corrected chi connectivity index (χ3v) is 8.47. The molecule has 0 saturated carbocycles. The molecule has 0 spiro atoms. The minimum atomic E-state index is -0.524. The number of thiophene rings is 1. The molecular weight excluding hydrogens is 458 g/mol. The Hall–Kier alpha value is -2.64. The molecule has 2 heterocycles. The molecule has 1 aromatic carbocycles. The van der Waals surface area contributed by atoms with E-state index in [-0.39, 0.29) is 11.0 Å². The van der Waals surface area contributed by atoms with E-state index in [4.69, 9.17) is 21.9 Å². The summed E-state index contributed by atoms with van der Waals surface area (Å²) in [5.74, 6) is -0.0428. The summed E-state index contributed by atoms with van der Waals surface area (Å²) in [5, 5.41) is 7.95. The Morgan fingerprint density at radius 3 is 2.70 bits per heavy atom. The largest absolute Gasteiger partial charge is 0.365 e. The van der Waals surface area contributed by atoms with Gasteiger partial charge in [-0.1, -0.05) is 62.1 Å². The molecule has 8 heteroatoms. The van der Waals surface area contributed by atoms with Crippen molar-refractivity contribution >= 4 is 39.8 Å². The smallest absolute Gasteiger partial charge is 0.262 e. The molecule has 0 unspecified atom stereocenters. The zero-order chi connectivity index (χ0) is 23.9. The number of benzene rings is 1. The number of fused-ring (bicyclic) bond motifs is 1. The fourth-order valence-corrected chi connectivity index (χ4v) is 6.09. The topological polar surface area (TPSA) is 98.2 Å². The van der Waals surface area contributed by atoms with Gasteiger partial charge >= 0.3 is 0 Å². The van der Waals surface area contributed by atoms with E-state index in [0.29, 0.717) is 38.5 Å². The van der Waals surface area contributed by atoms with Gasteiger partial charge in [-0.2, -0.15) is 0 Å². The Morgan fingerprint density at radius 1 is 1.30 bits per heavy atom. The Balaban J connectivity index is 1.69. The van der Waals surface area contributed by atoms with Crippen LogP contribution in [0.15, 0.2) is 28.8 Å².